The molecule has 4 rings (SSSR count). The quantitative estimate of drug-likeness (QED) is 0.105. The predicted molar refractivity (Wildman–Crippen MR) is 188 cm³/mol. The third-order valence-corrected chi connectivity index (χ3v) is 14.3. The molecule has 3 aliphatic rings. The average Bonchev–Trinajstić information content (AvgIpc) is 3.33. The van der Waals surface area contributed by atoms with Gasteiger partial charge in [-0.25, -0.2) is 0 Å². The molecule has 0 radical (unpaired) electrons. The van der Waals surface area contributed by atoms with Crippen molar-refractivity contribution in [1.82, 2.24) is 4.90 Å². The second-order valence-corrected chi connectivity index (χ2v) is 17.7. The van der Waals surface area contributed by atoms with Crippen LogP contribution in [0.25, 0.3) is 0 Å². The van der Waals surface area contributed by atoms with Crippen LogP contribution in [0.5, 0.6) is 5.75 Å². The highest BCUT2D eigenvalue weighted by atomic mass is 33.1. The van der Waals surface area contributed by atoms with Crippen molar-refractivity contribution in [1.29, 1.82) is 0 Å². The highest BCUT2D eigenvalue weighted by molar-refractivity contribution is 8.77. The van der Waals surface area contributed by atoms with Crippen LogP contribution in [0.15, 0.2) is 18.2 Å². The molecule has 0 spiro atoms. The van der Waals surface area contributed by atoms with E-state index in [2.05, 4.69) is 79.4 Å². The number of nitrogens with zero attached hydrogens (tertiary/aromatic N) is 1. The van der Waals surface area contributed by atoms with E-state index in [0.717, 1.165) is 56.4 Å². The van der Waals surface area contributed by atoms with Gasteiger partial charge in [-0.3, -0.25) is 0 Å². The van der Waals surface area contributed by atoms with E-state index in [1.165, 1.54) is 89.2 Å². The van der Waals surface area contributed by atoms with E-state index in [1.807, 2.05) is 0 Å². The highest BCUT2D eigenvalue weighted by Gasteiger charge is 2.55. The van der Waals surface area contributed by atoms with Gasteiger partial charge in [-0.1, -0.05) is 60.8 Å². The zero-order valence-corrected chi connectivity index (χ0v) is 30.1. The first-order chi connectivity index (χ1) is 20.8. The molecule has 1 aromatic carbocycles. The molecule has 0 saturated heterocycles. The fourth-order valence-corrected chi connectivity index (χ4v) is 10.8. The van der Waals surface area contributed by atoms with Crippen molar-refractivity contribution in [3.05, 3.63) is 29.3 Å². The summed E-state index contributed by atoms with van der Waals surface area (Å²) in [6.07, 6.45) is 17.1. The second-order valence-electron chi connectivity index (χ2n) is 14.6. The van der Waals surface area contributed by atoms with E-state index in [0.29, 0.717) is 16.3 Å². The number of methoxy groups -OCH3 is 1. The molecule has 4 nitrogen and oxygen atoms in total. The lowest BCUT2D eigenvalue weighted by Gasteiger charge is -2.50. The van der Waals surface area contributed by atoms with E-state index < -0.39 is 0 Å². The minimum Gasteiger partial charge on any atom is -0.492 e. The number of unbranched alkanes of at least 4 members (excludes halogenated alkanes) is 4. The number of ether oxygens (including phenoxy) is 3. The average molecular weight is 634 g/mol. The van der Waals surface area contributed by atoms with Crippen molar-refractivity contribution in [3.63, 3.8) is 0 Å². The number of hydrogen-bond acceptors (Lipinski definition) is 6. The van der Waals surface area contributed by atoms with Gasteiger partial charge in [-0.2, -0.15) is 0 Å². The molecule has 5 atom stereocenters. The van der Waals surface area contributed by atoms with Crippen LogP contribution in [0.2, 0.25) is 0 Å². The summed E-state index contributed by atoms with van der Waals surface area (Å²) < 4.78 is 18.2. The van der Waals surface area contributed by atoms with Crippen molar-refractivity contribution < 1.29 is 14.2 Å². The Labute approximate surface area is 272 Å². The number of benzene rings is 1. The predicted octanol–water partition coefficient (Wildman–Crippen LogP) is 9.80. The fourth-order valence-electron chi connectivity index (χ4n) is 8.14. The van der Waals surface area contributed by atoms with Crippen LogP contribution in [0.3, 0.4) is 0 Å². The molecular weight excluding hydrogens is 571 g/mol. The summed E-state index contributed by atoms with van der Waals surface area (Å²) in [5.74, 6) is 4.71. The summed E-state index contributed by atoms with van der Waals surface area (Å²) in [6, 6.07) is 7.06. The first-order valence-electron chi connectivity index (χ1n) is 17.6. The van der Waals surface area contributed by atoms with Gasteiger partial charge in [0.25, 0.3) is 0 Å². The maximum atomic E-state index is 6.48. The van der Waals surface area contributed by atoms with Crippen molar-refractivity contribution in [2.45, 2.75) is 128 Å². The number of likely N-dealkylation sites (N-methyl/N-ethyl adjacent to an activating group) is 1. The van der Waals surface area contributed by atoms with Gasteiger partial charge < -0.3 is 19.1 Å². The summed E-state index contributed by atoms with van der Waals surface area (Å²) in [4.78, 5) is 2.44. The van der Waals surface area contributed by atoms with Crippen LogP contribution < -0.4 is 4.74 Å². The summed E-state index contributed by atoms with van der Waals surface area (Å²) in [6.45, 7) is 14.3. The summed E-state index contributed by atoms with van der Waals surface area (Å²) in [5.41, 5.74) is 3.57. The molecule has 0 N–H and O–H groups in total. The van der Waals surface area contributed by atoms with Crippen LogP contribution in [-0.4, -0.2) is 68.6 Å². The van der Waals surface area contributed by atoms with Gasteiger partial charge in [0, 0.05) is 37.4 Å². The molecule has 43 heavy (non-hydrogen) atoms. The van der Waals surface area contributed by atoms with Crippen LogP contribution in [-0.2, 0) is 15.9 Å². The molecule has 1 aromatic rings. The Balaban J connectivity index is 1.16. The van der Waals surface area contributed by atoms with Crippen LogP contribution in [0.1, 0.15) is 122 Å². The monoisotopic (exact) mass is 633 g/mol. The molecule has 0 bridgehead atoms. The first-order valence-corrected chi connectivity index (χ1v) is 19.9. The lowest BCUT2D eigenvalue weighted by atomic mass is 9.55. The molecule has 5 unspecified atom stereocenters. The van der Waals surface area contributed by atoms with Crippen LogP contribution in [0.4, 0.5) is 0 Å². The molecule has 0 aliphatic heterocycles. The van der Waals surface area contributed by atoms with Gasteiger partial charge in [-0.05, 0) is 138 Å². The first kappa shape index (κ1) is 35.5. The Morgan fingerprint density at radius 2 is 1.81 bits per heavy atom. The van der Waals surface area contributed by atoms with Crippen LogP contribution in [0, 0.1) is 17.3 Å². The largest absolute Gasteiger partial charge is 0.492 e. The molecule has 0 amide bonds. The maximum Gasteiger partial charge on any atom is 0.119 e. The lowest BCUT2D eigenvalue weighted by Crippen LogP contribution is -2.44. The topological polar surface area (TPSA) is 30.9 Å². The summed E-state index contributed by atoms with van der Waals surface area (Å²) >= 11 is 0. The van der Waals surface area contributed by atoms with Gasteiger partial charge in [0.2, 0.25) is 0 Å². The number of aryl methyl sites for hydroxylation is 1. The Kier molecular flexibility index (Phi) is 14.4. The van der Waals surface area contributed by atoms with Gasteiger partial charge in [0.15, 0.2) is 0 Å². The van der Waals surface area contributed by atoms with E-state index in [1.54, 1.807) is 18.2 Å². The summed E-state index contributed by atoms with van der Waals surface area (Å²) in [5, 5.41) is 0. The molecule has 246 valence electrons. The highest BCUT2D eigenvalue weighted by Crippen LogP contribution is 2.61. The van der Waals surface area contributed by atoms with E-state index in [4.69, 9.17) is 14.2 Å². The molecule has 2 saturated carbocycles. The van der Waals surface area contributed by atoms with Crippen molar-refractivity contribution in [2.24, 2.45) is 17.3 Å². The van der Waals surface area contributed by atoms with Crippen molar-refractivity contribution in [3.8, 4) is 5.75 Å². The zero-order valence-electron chi connectivity index (χ0n) is 28.5. The summed E-state index contributed by atoms with van der Waals surface area (Å²) in [7, 11) is 8.15. The molecule has 0 heterocycles. The normalized spacial score (nSPS) is 26.8. The molecule has 6 heteroatoms. The van der Waals surface area contributed by atoms with Gasteiger partial charge >= 0.3 is 0 Å². The maximum absolute atomic E-state index is 6.48. The Morgan fingerprint density at radius 3 is 2.63 bits per heavy atom. The Hall–Kier alpha value is -0.400. The van der Waals surface area contributed by atoms with Gasteiger partial charge in [0.05, 0.1) is 6.10 Å². The van der Waals surface area contributed by atoms with Crippen molar-refractivity contribution >= 4 is 21.6 Å². The molecule has 0 aromatic heterocycles. The third-order valence-electron chi connectivity index (χ3n) is 10.9. The van der Waals surface area contributed by atoms with Crippen LogP contribution >= 0.6 is 21.6 Å². The minimum absolute atomic E-state index is 0.296. The standard InChI is InChI=1S/C37H63NO3S2/c1-7-8-25-41-35-18-17-34-33-15-13-29-28-30(14-16-31(29)32(33)19-20-37(34,35)4)40-26-23-38(5)22-21-36(2,3)43-42-27-12-10-9-11-24-39-6/h14,16,28,32-35H,7-13,15,17-27H2,1-6H3. The number of hydrogen-bond donors (Lipinski definition) is 0. The third kappa shape index (κ3) is 10.0. The van der Waals surface area contributed by atoms with E-state index in [-0.39, 0.29) is 0 Å². The SMILES string of the molecule is CCCCOC1CCC2C3CCc4cc(OCCN(C)CCC(C)(C)SSCCCCCCOC)ccc4C3CCC12C. The molecule has 3 aliphatic carbocycles. The molecular formula is C37H63NO3S2. The smallest absolute Gasteiger partial charge is 0.119 e. The molecule has 2 fully saturated rings. The Morgan fingerprint density at radius 1 is 0.977 bits per heavy atom. The van der Waals surface area contributed by atoms with Gasteiger partial charge in [-0.15, -0.1) is 0 Å². The minimum atomic E-state index is 0.296. The number of fused-ring (bicyclic) bond motifs is 5. The van der Waals surface area contributed by atoms with E-state index in [9.17, 15) is 0 Å². The zero-order chi connectivity index (χ0) is 30.7. The van der Waals surface area contributed by atoms with E-state index >= 15 is 0 Å². The van der Waals surface area contributed by atoms with Gasteiger partial charge in [0.1, 0.15) is 12.4 Å². The fraction of sp³-hybridized carbons (Fsp3) is 0.838. The Bertz CT molecular complexity index is 958. The second kappa shape index (κ2) is 17.5. The van der Waals surface area contributed by atoms with Crippen molar-refractivity contribution in [2.75, 3.05) is 52.8 Å². The number of rotatable bonds is 20. The lowest BCUT2D eigenvalue weighted by molar-refractivity contribution is -0.0644.